The molecular formula is C9H12N2O. The van der Waals surface area contributed by atoms with Crippen molar-refractivity contribution >= 4 is 6.21 Å². The zero-order chi connectivity index (χ0) is 8.77. The van der Waals surface area contributed by atoms with Gasteiger partial charge in [0.1, 0.15) is 0 Å². The summed E-state index contributed by atoms with van der Waals surface area (Å²) < 4.78 is 5.38. The zero-order valence-corrected chi connectivity index (χ0v) is 7.59. The lowest BCUT2D eigenvalue weighted by molar-refractivity contribution is 0.487. The number of oxazole rings is 1. The highest BCUT2D eigenvalue weighted by molar-refractivity contribution is 5.79. The number of aryl methyl sites for hydroxylation is 1. The second-order valence-corrected chi connectivity index (χ2v) is 3.80. The Morgan fingerprint density at radius 1 is 1.50 bits per heavy atom. The fourth-order valence-electron chi connectivity index (χ4n) is 1.45. The normalized spacial score (nSPS) is 19.2. The van der Waals surface area contributed by atoms with Crippen LogP contribution in [0.1, 0.15) is 31.2 Å². The van der Waals surface area contributed by atoms with Gasteiger partial charge in [0.05, 0.1) is 11.9 Å². The van der Waals surface area contributed by atoms with E-state index in [9.17, 15) is 0 Å². The first-order valence-corrected chi connectivity index (χ1v) is 4.07. The summed E-state index contributed by atoms with van der Waals surface area (Å²) in [5.41, 5.74) is 1.07. The van der Waals surface area contributed by atoms with E-state index in [0.717, 1.165) is 23.9 Å². The fourth-order valence-corrected chi connectivity index (χ4v) is 1.45. The Labute approximate surface area is 71.5 Å². The van der Waals surface area contributed by atoms with Gasteiger partial charge in [-0.2, -0.15) is 0 Å². The maximum absolute atomic E-state index is 5.38. The molecule has 2 rings (SSSR count). The molecule has 0 saturated carbocycles. The largest absolute Gasteiger partial charge is 0.440 e. The first-order chi connectivity index (χ1) is 5.59. The van der Waals surface area contributed by atoms with Gasteiger partial charge in [-0.25, -0.2) is 4.98 Å². The molecule has 0 N–H and O–H groups in total. The molecule has 3 heteroatoms. The van der Waals surface area contributed by atoms with Gasteiger partial charge in [0.2, 0.25) is 0 Å². The lowest BCUT2D eigenvalue weighted by atomic mass is 9.87. The highest BCUT2D eigenvalue weighted by Gasteiger charge is 2.30. The molecule has 0 radical (unpaired) electrons. The van der Waals surface area contributed by atoms with Crippen LogP contribution in [0.2, 0.25) is 0 Å². The van der Waals surface area contributed by atoms with Crippen molar-refractivity contribution in [1.82, 2.24) is 4.98 Å². The molecule has 3 nitrogen and oxygen atoms in total. The van der Waals surface area contributed by atoms with Crippen molar-refractivity contribution in [1.29, 1.82) is 0 Å². The smallest absolute Gasteiger partial charge is 0.192 e. The second kappa shape index (κ2) is 2.19. The average molecular weight is 164 g/mol. The van der Waals surface area contributed by atoms with Gasteiger partial charge < -0.3 is 4.42 Å². The summed E-state index contributed by atoms with van der Waals surface area (Å²) in [4.78, 5) is 8.57. The number of rotatable bonds is 0. The Morgan fingerprint density at radius 2 is 2.25 bits per heavy atom. The van der Waals surface area contributed by atoms with E-state index in [1.54, 1.807) is 6.21 Å². The summed E-state index contributed by atoms with van der Waals surface area (Å²) in [5, 5.41) is 0. The van der Waals surface area contributed by atoms with Crippen LogP contribution in [0, 0.1) is 6.92 Å². The van der Waals surface area contributed by atoms with E-state index in [-0.39, 0.29) is 5.41 Å². The van der Waals surface area contributed by atoms with Crippen molar-refractivity contribution in [2.24, 2.45) is 4.99 Å². The molecule has 1 aliphatic heterocycles. The van der Waals surface area contributed by atoms with Crippen LogP contribution in [0.15, 0.2) is 9.41 Å². The van der Waals surface area contributed by atoms with Gasteiger partial charge in [-0.15, -0.1) is 0 Å². The summed E-state index contributed by atoms with van der Waals surface area (Å²) in [6.07, 6.45) is 1.76. The second-order valence-electron chi connectivity index (χ2n) is 3.80. The van der Waals surface area contributed by atoms with Crippen molar-refractivity contribution in [3.63, 3.8) is 0 Å². The van der Waals surface area contributed by atoms with Gasteiger partial charge >= 0.3 is 0 Å². The third-order valence-electron chi connectivity index (χ3n) is 2.10. The Balaban J connectivity index is 2.59. The van der Waals surface area contributed by atoms with Crippen LogP contribution in [0.25, 0.3) is 0 Å². The van der Waals surface area contributed by atoms with Crippen LogP contribution < -0.4 is 0 Å². The highest BCUT2D eigenvalue weighted by Crippen LogP contribution is 2.28. The van der Waals surface area contributed by atoms with Gasteiger partial charge in [-0.1, -0.05) is 13.8 Å². The number of hydrogen-bond donors (Lipinski definition) is 0. The van der Waals surface area contributed by atoms with Crippen molar-refractivity contribution in [2.75, 3.05) is 6.54 Å². The minimum atomic E-state index is 0.0296. The predicted octanol–water partition coefficient (Wildman–Crippen LogP) is 1.69. The molecule has 0 bridgehead atoms. The molecule has 64 valence electrons. The zero-order valence-electron chi connectivity index (χ0n) is 7.59. The highest BCUT2D eigenvalue weighted by atomic mass is 16.4. The van der Waals surface area contributed by atoms with Crippen molar-refractivity contribution < 1.29 is 4.42 Å². The number of aliphatic imine (C=N–C) groups is 1. The average Bonchev–Trinajstić information content (AvgIpc) is 2.30. The predicted molar refractivity (Wildman–Crippen MR) is 46.7 cm³/mol. The Bertz CT molecular complexity index is 336. The van der Waals surface area contributed by atoms with Crippen LogP contribution in [-0.4, -0.2) is 17.7 Å². The number of hydrogen-bond acceptors (Lipinski definition) is 3. The van der Waals surface area contributed by atoms with Crippen molar-refractivity contribution in [3.05, 3.63) is 17.3 Å². The maximum Gasteiger partial charge on any atom is 0.192 e. The molecule has 0 spiro atoms. The lowest BCUT2D eigenvalue weighted by Gasteiger charge is -2.22. The molecule has 0 unspecified atom stereocenters. The number of nitrogens with zero attached hydrogens (tertiary/aromatic N) is 2. The van der Waals surface area contributed by atoms with Crippen LogP contribution >= 0.6 is 0 Å². The molecule has 2 heterocycles. The third kappa shape index (κ3) is 0.967. The molecule has 0 atom stereocenters. The summed E-state index contributed by atoms with van der Waals surface area (Å²) in [5.74, 6) is 1.55. The molecular weight excluding hydrogens is 152 g/mol. The van der Waals surface area contributed by atoms with Crippen LogP contribution in [0.5, 0.6) is 0 Å². The van der Waals surface area contributed by atoms with Gasteiger partial charge in [0, 0.05) is 18.9 Å². The van der Waals surface area contributed by atoms with Gasteiger partial charge in [-0.3, -0.25) is 4.99 Å². The molecule has 1 aromatic heterocycles. The first kappa shape index (κ1) is 7.53. The summed E-state index contributed by atoms with van der Waals surface area (Å²) >= 11 is 0. The summed E-state index contributed by atoms with van der Waals surface area (Å²) in [6.45, 7) is 6.92. The topological polar surface area (TPSA) is 38.4 Å². The standard InChI is InChI=1S/C9H12N2O/c1-6-11-8-7(12-6)4-10-5-9(8,2)3/h4H,5H2,1-3H3. The van der Waals surface area contributed by atoms with E-state index in [0.29, 0.717) is 0 Å². The van der Waals surface area contributed by atoms with Gasteiger partial charge in [0.15, 0.2) is 11.7 Å². The van der Waals surface area contributed by atoms with E-state index in [2.05, 4.69) is 23.8 Å². The lowest BCUT2D eigenvalue weighted by Crippen LogP contribution is -2.26. The molecule has 0 fully saturated rings. The first-order valence-electron chi connectivity index (χ1n) is 4.07. The summed E-state index contributed by atoms with van der Waals surface area (Å²) in [6, 6.07) is 0. The Morgan fingerprint density at radius 3 is 2.92 bits per heavy atom. The van der Waals surface area contributed by atoms with E-state index in [1.165, 1.54) is 0 Å². The molecule has 1 aliphatic rings. The van der Waals surface area contributed by atoms with Crippen molar-refractivity contribution in [2.45, 2.75) is 26.2 Å². The van der Waals surface area contributed by atoms with E-state index < -0.39 is 0 Å². The fraction of sp³-hybridized carbons (Fsp3) is 0.556. The van der Waals surface area contributed by atoms with Crippen LogP contribution in [-0.2, 0) is 5.41 Å². The van der Waals surface area contributed by atoms with E-state index in [1.807, 2.05) is 6.92 Å². The molecule has 0 amide bonds. The van der Waals surface area contributed by atoms with E-state index >= 15 is 0 Å². The van der Waals surface area contributed by atoms with E-state index in [4.69, 9.17) is 4.42 Å². The Hall–Kier alpha value is -1.12. The monoisotopic (exact) mass is 164 g/mol. The quantitative estimate of drug-likeness (QED) is 0.585. The molecule has 0 saturated heterocycles. The molecule has 1 aromatic rings. The van der Waals surface area contributed by atoms with Gasteiger partial charge in [-0.05, 0) is 0 Å². The molecule has 0 aromatic carbocycles. The third-order valence-corrected chi connectivity index (χ3v) is 2.10. The molecule has 0 aliphatic carbocycles. The Kier molecular flexibility index (Phi) is 1.37. The number of fused-ring (bicyclic) bond motifs is 1. The van der Waals surface area contributed by atoms with Gasteiger partial charge in [0.25, 0.3) is 0 Å². The van der Waals surface area contributed by atoms with Crippen LogP contribution in [0.3, 0.4) is 0 Å². The minimum absolute atomic E-state index is 0.0296. The number of aromatic nitrogens is 1. The van der Waals surface area contributed by atoms with Crippen LogP contribution in [0.4, 0.5) is 0 Å². The maximum atomic E-state index is 5.38. The summed E-state index contributed by atoms with van der Waals surface area (Å²) in [7, 11) is 0. The van der Waals surface area contributed by atoms with Crippen molar-refractivity contribution in [3.8, 4) is 0 Å². The minimum Gasteiger partial charge on any atom is -0.440 e. The SMILES string of the molecule is Cc1nc2c(o1)C=NCC2(C)C. The molecule has 12 heavy (non-hydrogen) atoms.